The fourth-order valence-electron chi connectivity index (χ4n) is 2.24. The van der Waals surface area contributed by atoms with Crippen molar-refractivity contribution in [3.8, 4) is 5.88 Å². The summed E-state index contributed by atoms with van der Waals surface area (Å²) in [6.07, 6.45) is -3.02. The van der Waals surface area contributed by atoms with Crippen LogP contribution in [0, 0.1) is 0 Å². The molecule has 0 aliphatic rings. The number of nitrogens with one attached hydrogen (secondary N) is 2. The van der Waals surface area contributed by atoms with Crippen LogP contribution >= 0.6 is 0 Å². The lowest BCUT2D eigenvalue weighted by atomic mass is 10.1. The van der Waals surface area contributed by atoms with Crippen molar-refractivity contribution in [1.29, 1.82) is 0 Å². The summed E-state index contributed by atoms with van der Waals surface area (Å²) in [5, 5.41) is 6.29. The number of halogens is 3. The number of hydrogen-bond donors (Lipinski definition) is 2. The highest BCUT2D eigenvalue weighted by Crippen LogP contribution is 2.20. The Kier molecular flexibility index (Phi) is 6.82. The van der Waals surface area contributed by atoms with Gasteiger partial charge in [0.15, 0.2) is 12.6 Å². The van der Waals surface area contributed by atoms with Crippen LogP contribution in [-0.2, 0) is 6.54 Å². The van der Waals surface area contributed by atoms with E-state index in [9.17, 15) is 13.2 Å². The molecule has 1 atom stereocenters. The molecule has 140 valence electrons. The summed E-state index contributed by atoms with van der Waals surface area (Å²) in [5.74, 6) is 0.468. The van der Waals surface area contributed by atoms with Gasteiger partial charge in [0.25, 0.3) is 0 Å². The molecule has 0 bridgehead atoms. The minimum atomic E-state index is -4.41. The van der Waals surface area contributed by atoms with Gasteiger partial charge in [-0.2, -0.15) is 13.2 Å². The van der Waals surface area contributed by atoms with Gasteiger partial charge in [0.1, 0.15) is 0 Å². The third-order valence-corrected chi connectivity index (χ3v) is 3.55. The molecule has 0 aliphatic carbocycles. The summed E-state index contributed by atoms with van der Waals surface area (Å²) in [6, 6.07) is 13.1. The van der Waals surface area contributed by atoms with Crippen molar-refractivity contribution in [2.75, 3.05) is 13.7 Å². The number of ether oxygens (including phenoxy) is 1. The van der Waals surface area contributed by atoms with Crippen LogP contribution < -0.4 is 15.4 Å². The Balaban J connectivity index is 1.96. The summed E-state index contributed by atoms with van der Waals surface area (Å²) >= 11 is 0. The number of hydrogen-bond acceptors (Lipinski definition) is 3. The van der Waals surface area contributed by atoms with E-state index in [4.69, 9.17) is 4.74 Å². The van der Waals surface area contributed by atoms with Crippen LogP contribution in [0.5, 0.6) is 5.88 Å². The van der Waals surface area contributed by atoms with E-state index in [1.54, 1.807) is 19.2 Å². The van der Waals surface area contributed by atoms with E-state index < -0.39 is 12.8 Å². The van der Waals surface area contributed by atoms with Crippen LogP contribution in [0.25, 0.3) is 0 Å². The van der Waals surface area contributed by atoms with E-state index >= 15 is 0 Å². The van der Waals surface area contributed by atoms with Crippen LogP contribution in [-0.4, -0.2) is 30.8 Å². The van der Waals surface area contributed by atoms with Crippen molar-refractivity contribution < 1.29 is 17.9 Å². The molecule has 1 unspecified atom stereocenters. The molecule has 0 saturated heterocycles. The molecular formula is C18H21F3N4O. The van der Waals surface area contributed by atoms with Gasteiger partial charge in [0.2, 0.25) is 5.88 Å². The van der Waals surface area contributed by atoms with Crippen molar-refractivity contribution in [1.82, 2.24) is 15.6 Å². The molecule has 0 fully saturated rings. The summed E-state index contributed by atoms with van der Waals surface area (Å²) in [7, 11) is 1.62. The molecule has 1 aromatic heterocycles. The lowest BCUT2D eigenvalue weighted by Crippen LogP contribution is -2.38. The van der Waals surface area contributed by atoms with Gasteiger partial charge in [-0.3, -0.25) is 4.99 Å². The number of benzene rings is 1. The van der Waals surface area contributed by atoms with Crippen molar-refractivity contribution in [2.45, 2.75) is 25.7 Å². The van der Waals surface area contributed by atoms with Crippen LogP contribution in [0.15, 0.2) is 53.7 Å². The maximum atomic E-state index is 12.3. The second kappa shape index (κ2) is 9.07. The Hall–Kier alpha value is -2.77. The minimum absolute atomic E-state index is 0.0113. The van der Waals surface area contributed by atoms with Crippen LogP contribution in [0.1, 0.15) is 24.1 Å². The molecule has 26 heavy (non-hydrogen) atoms. The normalized spacial score (nSPS) is 13.2. The second-order valence-corrected chi connectivity index (χ2v) is 5.57. The van der Waals surface area contributed by atoms with Crippen molar-refractivity contribution in [3.05, 3.63) is 59.8 Å². The van der Waals surface area contributed by atoms with E-state index in [1.807, 2.05) is 37.3 Å². The predicted molar refractivity (Wildman–Crippen MR) is 94.0 cm³/mol. The van der Waals surface area contributed by atoms with E-state index in [0.717, 1.165) is 5.56 Å². The van der Waals surface area contributed by atoms with E-state index in [1.165, 1.54) is 6.20 Å². The predicted octanol–water partition coefficient (Wildman–Crippen LogP) is 3.45. The van der Waals surface area contributed by atoms with Gasteiger partial charge in [-0.15, -0.1) is 0 Å². The average molecular weight is 366 g/mol. The quantitative estimate of drug-likeness (QED) is 0.607. The zero-order valence-corrected chi connectivity index (χ0v) is 14.5. The molecule has 2 N–H and O–H groups in total. The summed E-state index contributed by atoms with van der Waals surface area (Å²) < 4.78 is 41.8. The summed E-state index contributed by atoms with van der Waals surface area (Å²) in [4.78, 5) is 8.01. The number of aliphatic imine (C=N–C) groups is 1. The van der Waals surface area contributed by atoms with Crippen LogP contribution in [0.4, 0.5) is 13.2 Å². The Bertz CT molecular complexity index is 720. The number of alkyl halides is 3. The van der Waals surface area contributed by atoms with Crippen LogP contribution in [0.2, 0.25) is 0 Å². The maximum absolute atomic E-state index is 12.3. The first-order valence-electron chi connectivity index (χ1n) is 8.04. The van der Waals surface area contributed by atoms with Gasteiger partial charge in [-0.1, -0.05) is 36.4 Å². The summed E-state index contributed by atoms with van der Waals surface area (Å²) in [6.45, 7) is 0.835. The molecule has 2 aromatic rings. The monoisotopic (exact) mass is 366 g/mol. The molecular weight excluding hydrogens is 345 g/mol. The SMILES string of the molecule is CN=C(NCc1cccnc1OCC(F)(F)F)NC(C)c1ccccc1. The highest BCUT2D eigenvalue weighted by atomic mass is 19.4. The summed E-state index contributed by atoms with van der Waals surface area (Å²) in [5.41, 5.74) is 1.60. The van der Waals surface area contributed by atoms with Crippen molar-refractivity contribution in [2.24, 2.45) is 4.99 Å². The Morgan fingerprint density at radius 1 is 1.19 bits per heavy atom. The second-order valence-electron chi connectivity index (χ2n) is 5.57. The number of pyridine rings is 1. The lowest BCUT2D eigenvalue weighted by Gasteiger charge is -2.19. The van der Waals surface area contributed by atoms with Crippen LogP contribution in [0.3, 0.4) is 0 Å². The molecule has 0 spiro atoms. The smallest absolute Gasteiger partial charge is 0.422 e. The molecule has 0 radical (unpaired) electrons. The minimum Gasteiger partial charge on any atom is -0.468 e. The topological polar surface area (TPSA) is 58.5 Å². The van der Waals surface area contributed by atoms with Gasteiger partial charge in [-0.05, 0) is 18.6 Å². The Morgan fingerprint density at radius 3 is 2.58 bits per heavy atom. The van der Waals surface area contributed by atoms with E-state index in [2.05, 4.69) is 20.6 Å². The highest BCUT2D eigenvalue weighted by molar-refractivity contribution is 5.80. The molecule has 1 heterocycles. The van der Waals surface area contributed by atoms with Gasteiger partial charge < -0.3 is 15.4 Å². The Labute approximate surface area is 150 Å². The molecule has 8 heteroatoms. The standard InChI is InChI=1S/C18H21F3N4O/c1-13(14-7-4-3-5-8-14)25-17(22-2)24-11-15-9-6-10-23-16(15)26-12-18(19,20)21/h3-10,13H,11-12H2,1-2H3,(H2,22,24,25). The zero-order valence-electron chi connectivity index (χ0n) is 14.5. The molecule has 0 amide bonds. The molecule has 0 aliphatic heterocycles. The number of nitrogens with zero attached hydrogens (tertiary/aromatic N) is 2. The molecule has 5 nitrogen and oxygen atoms in total. The van der Waals surface area contributed by atoms with Gasteiger partial charge >= 0.3 is 6.18 Å². The number of guanidine groups is 1. The average Bonchev–Trinajstić information content (AvgIpc) is 2.64. The third-order valence-electron chi connectivity index (χ3n) is 3.55. The van der Waals surface area contributed by atoms with Crippen molar-refractivity contribution in [3.63, 3.8) is 0 Å². The van der Waals surface area contributed by atoms with Gasteiger partial charge in [-0.25, -0.2) is 4.98 Å². The molecule has 0 saturated carbocycles. The first-order valence-corrected chi connectivity index (χ1v) is 8.04. The lowest BCUT2D eigenvalue weighted by molar-refractivity contribution is -0.154. The fourth-order valence-corrected chi connectivity index (χ4v) is 2.24. The molecule has 1 aromatic carbocycles. The third kappa shape index (κ3) is 6.27. The number of rotatable bonds is 6. The number of aromatic nitrogens is 1. The van der Waals surface area contributed by atoms with E-state index in [0.29, 0.717) is 11.5 Å². The van der Waals surface area contributed by atoms with Gasteiger partial charge in [0, 0.05) is 25.4 Å². The first kappa shape index (κ1) is 19.6. The zero-order chi connectivity index (χ0) is 19.0. The fraction of sp³-hybridized carbons (Fsp3) is 0.333. The molecule has 2 rings (SSSR count). The first-order chi connectivity index (χ1) is 12.4. The Morgan fingerprint density at radius 2 is 1.92 bits per heavy atom. The largest absolute Gasteiger partial charge is 0.468 e. The highest BCUT2D eigenvalue weighted by Gasteiger charge is 2.29. The van der Waals surface area contributed by atoms with Gasteiger partial charge in [0.05, 0.1) is 6.04 Å². The maximum Gasteiger partial charge on any atom is 0.422 e. The van der Waals surface area contributed by atoms with E-state index in [-0.39, 0.29) is 18.5 Å². The van der Waals surface area contributed by atoms with Crippen molar-refractivity contribution >= 4 is 5.96 Å².